The van der Waals surface area contributed by atoms with Gasteiger partial charge >= 0.3 is 0 Å². The van der Waals surface area contributed by atoms with Crippen LogP contribution in [-0.4, -0.2) is 23.7 Å². The zero-order valence-corrected chi connectivity index (χ0v) is 8.00. The highest BCUT2D eigenvalue weighted by Gasteiger charge is 2.34. The van der Waals surface area contributed by atoms with Crippen LogP contribution >= 0.6 is 0 Å². The fourth-order valence-electron chi connectivity index (χ4n) is 1.37. The van der Waals surface area contributed by atoms with Crippen LogP contribution in [0.3, 0.4) is 0 Å². The van der Waals surface area contributed by atoms with E-state index in [0.717, 1.165) is 24.4 Å². The van der Waals surface area contributed by atoms with Crippen molar-refractivity contribution < 1.29 is 4.74 Å². The zero-order chi connectivity index (χ0) is 9.31. The van der Waals surface area contributed by atoms with E-state index in [-0.39, 0.29) is 5.60 Å². The normalized spacial score (nSPS) is 19.2. The maximum Gasteiger partial charge on any atom is 0.141 e. The van der Waals surface area contributed by atoms with Gasteiger partial charge in [0.25, 0.3) is 0 Å². The predicted molar refractivity (Wildman–Crippen MR) is 50.9 cm³/mol. The topological polar surface area (TPSA) is 34.1 Å². The number of nitrogens with one attached hydrogen (secondary N) is 1. The van der Waals surface area contributed by atoms with Crippen molar-refractivity contribution in [2.45, 2.75) is 19.4 Å². The van der Waals surface area contributed by atoms with E-state index >= 15 is 0 Å². The lowest BCUT2D eigenvalue weighted by Gasteiger charge is -2.39. The average Bonchev–Trinajstić information content (AvgIpc) is 2.06. The fourth-order valence-corrected chi connectivity index (χ4v) is 1.37. The summed E-state index contributed by atoms with van der Waals surface area (Å²) in [6.45, 7) is 5.98. The number of rotatable bonds is 2. The van der Waals surface area contributed by atoms with E-state index in [0.29, 0.717) is 0 Å². The summed E-state index contributed by atoms with van der Waals surface area (Å²) < 4.78 is 5.84. The van der Waals surface area contributed by atoms with Gasteiger partial charge in [0.1, 0.15) is 11.4 Å². The second-order valence-corrected chi connectivity index (χ2v) is 3.80. The predicted octanol–water partition coefficient (Wildman–Crippen LogP) is 1.13. The minimum absolute atomic E-state index is 0.0339. The summed E-state index contributed by atoms with van der Waals surface area (Å²) in [6, 6.07) is 1.96. The van der Waals surface area contributed by atoms with Crippen LogP contribution in [0.1, 0.15) is 12.5 Å². The lowest BCUT2D eigenvalue weighted by atomic mass is 10.00. The molecule has 1 aliphatic rings. The molecule has 0 amide bonds. The van der Waals surface area contributed by atoms with Crippen LogP contribution in [0.2, 0.25) is 0 Å². The molecule has 0 aliphatic carbocycles. The Kier molecular flexibility index (Phi) is 1.96. The van der Waals surface area contributed by atoms with Crippen molar-refractivity contribution in [2.24, 2.45) is 0 Å². The molecule has 1 N–H and O–H groups in total. The highest BCUT2D eigenvalue weighted by molar-refractivity contribution is 5.29. The van der Waals surface area contributed by atoms with Gasteiger partial charge in [-0.05, 0) is 25.5 Å². The van der Waals surface area contributed by atoms with Gasteiger partial charge in [-0.3, -0.25) is 4.98 Å². The van der Waals surface area contributed by atoms with Gasteiger partial charge in [0.05, 0.1) is 6.20 Å². The highest BCUT2D eigenvalue weighted by atomic mass is 16.5. The Balaban J connectivity index is 2.13. The summed E-state index contributed by atoms with van der Waals surface area (Å²) in [5.41, 5.74) is 1.11. The molecule has 0 aromatic carbocycles. The number of hydrogen-bond donors (Lipinski definition) is 1. The maximum atomic E-state index is 5.84. The first-order chi connectivity index (χ1) is 6.20. The molecule has 3 heteroatoms. The van der Waals surface area contributed by atoms with Crippen LogP contribution < -0.4 is 10.1 Å². The molecule has 0 bridgehead atoms. The molecule has 1 aliphatic heterocycles. The lowest BCUT2D eigenvalue weighted by Crippen LogP contribution is -2.61. The van der Waals surface area contributed by atoms with Crippen LogP contribution in [0.5, 0.6) is 5.75 Å². The summed E-state index contributed by atoms with van der Waals surface area (Å²) in [7, 11) is 0. The van der Waals surface area contributed by atoms with Gasteiger partial charge in [-0.15, -0.1) is 0 Å². The first-order valence-corrected chi connectivity index (χ1v) is 4.50. The third-order valence-corrected chi connectivity index (χ3v) is 2.35. The first-order valence-electron chi connectivity index (χ1n) is 4.50. The van der Waals surface area contributed by atoms with Crippen LogP contribution in [0.15, 0.2) is 18.5 Å². The minimum Gasteiger partial charge on any atom is -0.483 e. The van der Waals surface area contributed by atoms with E-state index in [2.05, 4.69) is 17.2 Å². The molecule has 2 heterocycles. The largest absolute Gasteiger partial charge is 0.483 e. The number of aryl methyl sites for hydroxylation is 1. The van der Waals surface area contributed by atoms with E-state index < -0.39 is 0 Å². The molecule has 0 spiro atoms. The Morgan fingerprint density at radius 3 is 2.85 bits per heavy atom. The van der Waals surface area contributed by atoms with Gasteiger partial charge in [-0.25, -0.2) is 0 Å². The van der Waals surface area contributed by atoms with Crippen LogP contribution in [-0.2, 0) is 0 Å². The van der Waals surface area contributed by atoms with Crippen molar-refractivity contribution in [1.29, 1.82) is 0 Å². The summed E-state index contributed by atoms with van der Waals surface area (Å²) in [5, 5.41) is 3.20. The monoisotopic (exact) mass is 178 g/mol. The number of pyridine rings is 1. The lowest BCUT2D eigenvalue weighted by molar-refractivity contribution is 0.0338. The van der Waals surface area contributed by atoms with Crippen LogP contribution in [0.4, 0.5) is 0 Å². The fraction of sp³-hybridized carbons (Fsp3) is 0.500. The third kappa shape index (κ3) is 1.65. The van der Waals surface area contributed by atoms with Gasteiger partial charge in [0.15, 0.2) is 0 Å². The first kappa shape index (κ1) is 8.51. The molecular formula is C10H14N2O. The van der Waals surface area contributed by atoms with Crippen molar-refractivity contribution in [3.05, 3.63) is 24.0 Å². The van der Waals surface area contributed by atoms with Crippen LogP contribution in [0, 0.1) is 6.92 Å². The molecule has 1 aromatic heterocycles. The Morgan fingerprint density at radius 1 is 1.54 bits per heavy atom. The number of aromatic nitrogens is 1. The third-order valence-electron chi connectivity index (χ3n) is 2.35. The molecule has 13 heavy (non-hydrogen) atoms. The van der Waals surface area contributed by atoms with E-state index in [1.165, 1.54) is 0 Å². The second-order valence-electron chi connectivity index (χ2n) is 3.80. The standard InChI is InChI=1S/C10H14N2O/c1-8-3-4-11-5-9(8)13-10(2)6-12-7-10/h3-5,12H,6-7H2,1-2H3. The molecule has 1 aromatic rings. The van der Waals surface area contributed by atoms with Crippen molar-refractivity contribution in [3.63, 3.8) is 0 Å². The molecule has 0 radical (unpaired) electrons. The van der Waals surface area contributed by atoms with Gasteiger partial charge in [0.2, 0.25) is 0 Å². The Bertz CT molecular complexity index is 308. The van der Waals surface area contributed by atoms with Gasteiger partial charge < -0.3 is 10.1 Å². The summed E-state index contributed by atoms with van der Waals surface area (Å²) in [5.74, 6) is 0.895. The van der Waals surface area contributed by atoms with Gasteiger partial charge in [-0.2, -0.15) is 0 Å². The molecule has 2 rings (SSSR count). The second kappa shape index (κ2) is 3.00. The van der Waals surface area contributed by atoms with E-state index in [1.54, 1.807) is 12.4 Å². The Labute approximate surface area is 78.1 Å². The molecule has 0 saturated carbocycles. The molecule has 0 unspecified atom stereocenters. The van der Waals surface area contributed by atoms with Gasteiger partial charge in [-0.1, -0.05) is 0 Å². The molecule has 3 nitrogen and oxygen atoms in total. The molecule has 0 atom stereocenters. The summed E-state index contributed by atoms with van der Waals surface area (Å²) in [6.07, 6.45) is 3.56. The SMILES string of the molecule is Cc1ccncc1OC1(C)CNC1. The summed E-state index contributed by atoms with van der Waals surface area (Å²) in [4.78, 5) is 4.04. The Hall–Kier alpha value is -1.09. The molecule has 1 fully saturated rings. The van der Waals surface area contributed by atoms with Crippen molar-refractivity contribution >= 4 is 0 Å². The maximum absolute atomic E-state index is 5.84. The quantitative estimate of drug-likeness (QED) is 0.737. The number of nitrogens with zero attached hydrogens (tertiary/aromatic N) is 1. The van der Waals surface area contributed by atoms with Crippen LogP contribution in [0.25, 0.3) is 0 Å². The van der Waals surface area contributed by atoms with Crippen molar-refractivity contribution in [2.75, 3.05) is 13.1 Å². The van der Waals surface area contributed by atoms with Crippen molar-refractivity contribution in [3.8, 4) is 5.75 Å². The Morgan fingerprint density at radius 2 is 2.31 bits per heavy atom. The smallest absolute Gasteiger partial charge is 0.141 e. The van der Waals surface area contributed by atoms with E-state index in [4.69, 9.17) is 4.74 Å². The number of hydrogen-bond acceptors (Lipinski definition) is 3. The zero-order valence-electron chi connectivity index (χ0n) is 8.00. The van der Waals surface area contributed by atoms with E-state index in [9.17, 15) is 0 Å². The highest BCUT2D eigenvalue weighted by Crippen LogP contribution is 2.23. The van der Waals surface area contributed by atoms with Crippen molar-refractivity contribution in [1.82, 2.24) is 10.3 Å². The molecular weight excluding hydrogens is 164 g/mol. The minimum atomic E-state index is -0.0339. The number of ether oxygens (including phenoxy) is 1. The van der Waals surface area contributed by atoms with Gasteiger partial charge in [0, 0.05) is 19.3 Å². The molecule has 1 saturated heterocycles. The van der Waals surface area contributed by atoms with E-state index in [1.807, 2.05) is 13.0 Å². The average molecular weight is 178 g/mol. The summed E-state index contributed by atoms with van der Waals surface area (Å²) >= 11 is 0. The molecule has 70 valence electrons.